The summed E-state index contributed by atoms with van der Waals surface area (Å²) in [4.78, 5) is 6.20. The summed E-state index contributed by atoms with van der Waals surface area (Å²) in [6, 6.07) is 3.02. The van der Waals surface area contributed by atoms with E-state index in [0.717, 1.165) is 0 Å². The molecule has 2 rings (SSSR count). The molecule has 0 saturated heterocycles. The van der Waals surface area contributed by atoms with Gasteiger partial charge in [0.25, 0.3) is 0 Å². The molecule has 1 N–H and O–H groups in total. The first-order valence-corrected chi connectivity index (χ1v) is 6.84. The minimum Gasteiger partial charge on any atom is -0.454 e. The van der Waals surface area contributed by atoms with Crippen molar-refractivity contribution >= 4 is 29.9 Å². The highest BCUT2D eigenvalue weighted by atomic mass is 127. The predicted octanol–water partition coefficient (Wildman–Crippen LogP) is 2.66. The fourth-order valence-corrected chi connectivity index (χ4v) is 1.97. The molecule has 0 unspecified atom stereocenters. The van der Waals surface area contributed by atoms with Gasteiger partial charge in [0.15, 0.2) is 17.5 Å². The third-order valence-electron chi connectivity index (χ3n) is 2.93. The van der Waals surface area contributed by atoms with Gasteiger partial charge in [0.1, 0.15) is 5.75 Å². The average Bonchev–Trinajstić information content (AvgIpc) is 2.89. The molecule has 0 spiro atoms. The van der Waals surface area contributed by atoms with E-state index < -0.39 is 6.61 Å². The quantitative estimate of drug-likeness (QED) is 0.431. The van der Waals surface area contributed by atoms with Gasteiger partial charge in [0.2, 0.25) is 6.79 Å². The lowest BCUT2D eigenvalue weighted by atomic mass is 10.1. The zero-order valence-electron chi connectivity index (χ0n) is 13.1. The van der Waals surface area contributed by atoms with Crippen LogP contribution in [0.3, 0.4) is 0 Å². The minimum atomic E-state index is -2.91. The van der Waals surface area contributed by atoms with Crippen molar-refractivity contribution in [1.29, 1.82) is 0 Å². The maximum atomic E-state index is 12.5. The summed E-state index contributed by atoms with van der Waals surface area (Å²) in [6.45, 7) is -0.00989. The molecule has 9 heteroatoms. The van der Waals surface area contributed by atoms with Crippen LogP contribution in [0.25, 0.3) is 0 Å². The van der Waals surface area contributed by atoms with Gasteiger partial charge >= 0.3 is 6.61 Å². The molecule has 0 amide bonds. The van der Waals surface area contributed by atoms with Crippen molar-refractivity contribution in [2.24, 2.45) is 4.99 Å². The molecule has 0 bridgehead atoms. The van der Waals surface area contributed by atoms with Gasteiger partial charge in [-0.1, -0.05) is 0 Å². The van der Waals surface area contributed by atoms with Gasteiger partial charge in [0.05, 0.1) is 6.54 Å². The maximum absolute atomic E-state index is 12.5. The summed E-state index contributed by atoms with van der Waals surface area (Å²) in [5.41, 5.74) is 0.502. The average molecular weight is 443 g/mol. The molecule has 0 aromatic heterocycles. The Kier molecular flexibility index (Phi) is 7.59. The number of fused-ring (bicyclic) bond motifs is 1. The molecule has 1 aliphatic rings. The zero-order chi connectivity index (χ0) is 16.1. The zero-order valence-corrected chi connectivity index (χ0v) is 15.5. The monoisotopic (exact) mass is 443 g/mol. The van der Waals surface area contributed by atoms with E-state index in [1.807, 2.05) is 25.9 Å². The van der Waals surface area contributed by atoms with Crippen molar-refractivity contribution in [2.45, 2.75) is 20.1 Å². The van der Waals surface area contributed by atoms with E-state index in [1.54, 1.807) is 6.07 Å². The molecule has 1 aromatic carbocycles. The Labute approximate surface area is 150 Å². The van der Waals surface area contributed by atoms with Gasteiger partial charge in [-0.2, -0.15) is 8.78 Å². The molecule has 0 radical (unpaired) electrons. The topological polar surface area (TPSA) is 55.3 Å². The number of ether oxygens (including phenoxy) is 3. The number of hydrogen-bond acceptors (Lipinski definition) is 4. The Morgan fingerprint density at radius 2 is 2.00 bits per heavy atom. The van der Waals surface area contributed by atoms with Gasteiger partial charge in [-0.15, -0.1) is 24.0 Å². The number of benzene rings is 1. The Morgan fingerprint density at radius 3 is 2.57 bits per heavy atom. The molecule has 1 aromatic rings. The third-order valence-corrected chi connectivity index (χ3v) is 2.93. The van der Waals surface area contributed by atoms with Crippen LogP contribution < -0.4 is 19.5 Å². The highest BCUT2D eigenvalue weighted by Gasteiger charge is 2.20. The summed E-state index contributed by atoms with van der Waals surface area (Å²) in [5.74, 6) is 1.59. The van der Waals surface area contributed by atoms with Crippen LogP contribution in [0.15, 0.2) is 17.1 Å². The van der Waals surface area contributed by atoms with Crippen LogP contribution in [0.5, 0.6) is 17.2 Å². The molecule has 130 valence electrons. The first-order chi connectivity index (χ1) is 10.5. The summed E-state index contributed by atoms with van der Waals surface area (Å²) in [6.07, 6.45) is 0. The number of hydrogen-bond donors (Lipinski definition) is 1. The van der Waals surface area contributed by atoms with Gasteiger partial charge in [0, 0.05) is 32.3 Å². The van der Waals surface area contributed by atoms with Crippen molar-refractivity contribution in [2.75, 3.05) is 27.4 Å². The van der Waals surface area contributed by atoms with Crippen molar-refractivity contribution < 1.29 is 23.0 Å². The number of aliphatic imine (C=N–C) groups is 1. The van der Waals surface area contributed by atoms with E-state index >= 15 is 0 Å². The standard InChI is InChI=1S/C14H19F2N3O3.HI/c1-4-17-14(19(2)3)18-7-9-5-11-12(21-8-20-11)6-10(9)22-13(15)16;/h5-6,13H,4,7-8H2,1-3H3,(H,17,18);1H. The minimum absolute atomic E-state index is 0. The molecule has 0 fully saturated rings. The Morgan fingerprint density at radius 1 is 1.35 bits per heavy atom. The van der Waals surface area contributed by atoms with Crippen molar-refractivity contribution in [3.63, 3.8) is 0 Å². The van der Waals surface area contributed by atoms with Crippen molar-refractivity contribution in [3.05, 3.63) is 17.7 Å². The fourth-order valence-electron chi connectivity index (χ4n) is 1.97. The normalized spacial score (nSPS) is 12.9. The van der Waals surface area contributed by atoms with Crippen LogP contribution in [0.1, 0.15) is 12.5 Å². The number of guanidine groups is 1. The lowest BCUT2D eigenvalue weighted by Gasteiger charge is -2.17. The molecular weight excluding hydrogens is 423 g/mol. The molecular formula is C14H20F2IN3O3. The van der Waals surface area contributed by atoms with Crippen LogP contribution in [-0.4, -0.2) is 44.9 Å². The highest BCUT2D eigenvalue weighted by molar-refractivity contribution is 14.0. The van der Waals surface area contributed by atoms with E-state index in [-0.39, 0.29) is 43.1 Å². The smallest absolute Gasteiger partial charge is 0.387 e. The number of rotatable bonds is 5. The molecule has 0 atom stereocenters. The van der Waals surface area contributed by atoms with Gasteiger partial charge in [-0.25, -0.2) is 4.99 Å². The first-order valence-electron chi connectivity index (χ1n) is 6.84. The second-order valence-electron chi connectivity index (χ2n) is 4.76. The maximum Gasteiger partial charge on any atom is 0.387 e. The van der Waals surface area contributed by atoms with E-state index in [9.17, 15) is 8.78 Å². The molecule has 23 heavy (non-hydrogen) atoms. The van der Waals surface area contributed by atoms with E-state index in [2.05, 4.69) is 15.0 Å². The van der Waals surface area contributed by atoms with Gasteiger partial charge in [-0.05, 0) is 13.0 Å². The van der Waals surface area contributed by atoms with Gasteiger partial charge in [-0.3, -0.25) is 0 Å². The van der Waals surface area contributed by atoms with Crippen LogP contribution >= 0.6 is 24.0 Å². The third kappa shape index (κ3) is 5.26. The molecule has 1 heterocycles. The first kappa shape index (κ1) is 19.5. The van der Waals surface area contributed by atoms with Crippen molar-refractivity contribution in [3.8, 4) is 17.2 Å². The number of nitrogens with zero attached hydrogens (tertiary/aromatic N) is 2. The molecule has 1 aliphatic heterocycles. The molecule has 0 aliphatic carbocycles. The van der Waals surface area contributed by atoms with Crippen LogP contribution in [-0.2, 0) is 6.54 Å². The van der Waals surface area contributed by atoms with E-state index in [1.165, 1.54) is 6.07 Å². The van der Waals surface area contributed by atoms with E-state index in [4.69, 9.17) is 9.47 Å². The number of halogens is 3. The Hall–Kier alpha value is -1.52. The van der Waals surface area contributed by atoms with Gasteiger partial charge < -0.3 is 24.4 Å². The highest BCUT2D eigenvalue weighted by Crippen LogP contribution is 2.39. The van der Waals surface area contributed by atoms with Crippen LogP contribution in [0.4, 0.5) is 8.78 Å². The summed E-state index contributed by atoms with van der Waals surface area (Å²) in [5, 5.41) is 3.10. The molecule has 6 nitrogen and oxygen atoms in total. The van der Waals surface area contributed by atoms with E-state index in [0.29, 0.717) is 29.6 Å². The Bertz CT molecular complexity index is 556. The van der Waals surface area contributed by atoms with Crippen LogP contribution in [0, 0.1) is 0 Å². The predicted molar refractivity (Wildman–Crippen MR) is 93.1 cm³/mol. The SMILES string of the molecule is CCNC(=NCc1cc2c(cc1OC(F)F)OCO2)N(C)C.I. The van der Waals surface area contributed by atoms with Crippen molar-refractivity contribution in [1.82, 2.24) is 10.2 Å². The lowest BCUT2D eigenvalue weighted by Crippen LogP contribution is -2.36. The van der Waals surface area contributed by atoms with Crippen LogP contribution in [0.2, 0.25) is 0 Å². The number of alkyl halides is 2. The second-order valence-corrected chi connectivity index (χ2v) is 4.76. The summed E-state index contributed by atoms with van der Waals surface area (Å²) >= 11 is 0. The lowest BCUT2D eigenvalue weighted by molar-refractivity contribution is -0.0505. The summed E-state index contributed by atoms with van der Waals surface area (Å²) < 4.78 is 40.1. The largest absolute Gasteiger partial charge is 0.454 e. The molecule has 0 saturated carbocycles. The Balaban J connectivity index is 0.00000264. The fraction of sp³-hybridized carbons (Fsp3) is 0.500. The second kappa shape index (κ2) is 8.94. The summed E-state index contributed by atoms with van der Waals surface area (Å²) in [7, 11) is 3.69. The number of nitrogens with one attached hydrogen (secondary N) is 1.